The number of hydrogen-bond donors (Lipinski definition) is 2. The second-order valence-corrected chi connectivity index (χ2v) is 8.56. The molecular weight excluding hydrogens is 442 g/mol. The fourth-order valence-electron chi connectivity index (χ4n) is 4.31. The number of nitrogens with two attached hydrogens (primary N) is 1. The molecule has 0 aromatic heterocycles. The van der Waals surface area contributed by atoms with E-state index in [1.807, 2.05) is 37.3 Å². The van der Waals surface area contributed by atoms with Gasteiger partial charge in [-0.3, -0.25) is 9.98 Å². The van der Waals surface area contributed by atoms with Crippen LogP contribution in [-0.2, 0) is 6.54 Å². The zero-order chi connectivity index (χ0) is 25.2. The van der Waals surface area contributed by atoms with E-state index in [-0.39, 0.29) is 6.04 Å². The third-order valence-electron chi connectivity index (χ3n) is 6.08. The average molecular weight is 476 g/mol. The summed E-state index contributed by atoms with van der Waals surface area (Å²) >= 11 is 0. The second kappa shape index (κ2) is 12.4. The highest BCUT2D eigenvalue weighted by atomic mass is 15.2. The molecule has 0 radical (unpaired) electrons. The predicted molar refractivity (Wildman–Crippen MR) is 152 cm³/mol. The third-order valence-corrected chi connectivity index (χ3v) is 6.08. The normalized spacial score (nSPS) is 17.9. The molecule has 2 aliphatic rings. The van der Waals surface area contributed by atoms with Crippen molar-refractivity contribution in [3.05, 3.63) is 143 Å². The minimum Gasteiger partial charge on any atom is -0.404 e. The first-order valence-corrected chi connectivity index (χ1v) is 12.2. The molecule has 5 nitrogen and oxygen atoms in total. The number of benzene rings is 2. The maximum atomic E-state index is 5.88. The zero-order valence-corrected chi connectivity index (χ0v) is 20.7. The van der Waals surface area contributed by atoms with Crippen molar-refractivity contribution >= 4 is 12.4 Å². The molecule has 0 saturated carbocycles. The van der Waals surface area contributed by atoms with Crippen LogP contribution in [0.25, 0.3) is 0 Å². The lowest BCUT2D eigenvalue weighted by Crippen LogP contribution is -2.23. The Morgan fingerprint density at radius 1 is 1.17 bits per heavy atom. The summed E-state index contributed by atoms with van der Waals surface area (Å²) < 4.78 is 0. The first-order valence-electron chi connectivity index (χ1n) is 12.2. The molecule has 0 fully saturated rings. The average Bonchev–Trinajstić information content (AvgIpc) is 2.93. The summed E-state index contributed by atoms with van der Waals surface area (Å²) in [5, 5.41) is 3.61. The number of nitrogens with zero attached hydrogens (tertiary/aromatic N) is 3. The Bertz CT molecular complexity index is 1290. The van der Waals surface area contributed by atoms with Gasteiger partial charge in [0.1, 0.15) is 6.67 Å². The summed E-state index contributed by atoms with van der Waals surface area (Å²) in [7, 11) is 0. The van der Waals surface area contributed by atoms with E-state index >= 15 is 0 Å². The summed E-state index contributed by atoms with van der Waals surface area (Å²) in [5.41, 5.74) is 13.2. The van der Waals surface area contributed by atoms with Crippen LogP contribution in [0.4, 0.5) is 0 Å². The van der Waals surface area contributed by atoms with Gasteiger partial charge in [-0.1, -0.05) is 78.9 Å². The van der Waals surface area contributed by atoms with Crippen molar-refractivity contribution in [2.75, 3.05) is 13.2 Å². The second-order valence-electron chi connectivity index (χ2n) is 8.56. The number of hydrogen-bond acceptors (Lipinski definition) is 5. The zero-order valence-electron chi connectivity index (χ0n) is 20.7. The van der Waals surface area contributed by atoms with Gasteiger partial charge in [-0.05, 0) is 43.0 Å². The van der Waals surface area contributed by atoms with Crippen molar-refractivity contribution in [3.8, 4) is 0 Å². The Morgan fingerprint density at radius 2 is 2.06 bits per heavy atom. The van der Waals surface area contributed by atoms with E-state index < -0.39 is 0 Å². The van der Waals surface area contributed by atoms with Crippen LogP contribution in [0.15, 0.2) is 131 Å². The fraction of sp³-hybridized carbons (Fsp3) is 0.161. The summed E-state index contributed by atoms with van der Waals surface area (Å²) in [5.74, 6) is 0. The SMILES string of the molecule is C=NCc1ccccc1/C(=N\CN1C=CC=CC1)c1cccc(C2C=CC=C(C(/C=C\C)=C/N)N2)c1. The Hall–Kier alpha value is -4.38. The smallest absolute Gasteiger partial charge is 0.110 e. The lowest BCUT2D eigenvalue weighted by Gasteiger charge is -2.24. The Balaban J connectivity index is 1.69. The van der Waals surface area contributed by atoms with Gasteiger partial charge in [-0.25, -0.2) is 0 Å². The van der Waals surface area contributed by atoms with Crippen LogP contribution in [0.3, 0.4) is 0 Å². The monoisotopic (exact) mass is 475 g/mol. The van der Waals surface area contributed by atoms with Gasteiger partial charge >= 0.3 is 0 Å². The molecule has 1 unspecified atom stereocenters. The van der Waals surface area contributed by atoms with Crippen molar-refractivity contribution in [2.24, 2.45) is 15.7 Å². The van der Waals surface area contributed by atoms with Gasteiger partial charge in [0.2, 0.25) is 0 Å². The van der Waals surface area contributed by atoms with Crippen molar-refractivity contribution in [3.63, 3.8) is 0 Å². The summed E-state index contributed by atoms with van der Waals surface area (Å²) in [6.45, 7) is 7.65. The molecule has 2 aliphatic heterocycles. The predicted octanol–water partition coefficient (Wildman–Crippen LogP) is 5.57. The molecule has 4 rings (SSSR count). The topological polar surface area (TPSA) is 66.0 Å². The molecule has 0 saturated heterocycles. The molecule has 5 heteroatoms. The first kappa shape index (κ1) is 24.7. The number of rotatable bonds is 9. The molecule has 3 N–H and O–H groups in total. The lowest BCUT2D eigenvalue weighted by atomic mass is 9.94. The molecule has 1 atom stereocenters. The number of aliphatic imine (C=N–C) groups is 2. The summed E-state index contributed by atoms with van der Waals surface area (Å²) in [4.78, 5) is 11.4. The molecule has 2 aromatic carbocycles. The minimum absolute atomic E-state index is 0.0201. The molecule has 0 aliphatic carbocycles. The summed E-state index contributed by atoms with van der Waals surface area (Å²) in [6.07, 6.45) is 20.2. The van der Waals surface area contributed by atoms with Gasteiger partial charge in [0.05, 0.1) is 18.3 Å². The fourth-order valence-corrected chi connectivity index (χ4v) is 4.31. The van der Waals surface area contributed by atoms with Crippen LogP contribution in [0, 0.1) is 0 Å². The maximum absolute atomic E-state index is 5.88. The van der Waals surface area contributed by atoms with E-state index in [4.69, 9.17) is 10.7 Å². The van der Waals surface area contributed by atoms with Crippen LogP contribution in [0.1, 0.15) is 35.2 Å². The standard InChI is InChI=1S/C31H33N5/c1-3-11-26(21-32)30-17-10-16-29(35-30)24-13-9-14-25(20-24)31(34-23-36-18-7-4-8-19-36)28-15-6-5-12-27(28)22-33-2/h3-18,20-21,29,35H,2,19,22-23,32H2,1H3/b11-3-,26-21+,34-31-. The van der Waals surface area contributed by atoms with Crippen molar-refractivity contribution in [1.29, 1.82) is 0 Å². The van der Waals surface area contributed by atoms with E-state index in [2.05, 4.69) is 94.9 Å². The highest BCUT2D eigenvalue weighted by Gasteiger charge is 2.17. The van der Waals surface area contributed by atoms with Gasteiger partial charge in [-0.2, -0.15) is 0 Å². The largest absolute Gasteiger partial charge is 0.404 e. The van der Waals surface area contributed by atoms with Gasteiger partial charge in [0.25, 0.3) is 0 Å². The number of allylic oxidation sites excluding steroid dienone is 6. The third kappa shape index (κ3) is 5.99. The Morgan fingerprint density at radius 3 is 2.83 bits per heavy atom. The van der Waals surface area contributed by atoms with E-state index in [9.17, 15) is 0 Å². The van der Waals surface area contributed by atoms with Crippen molar-refractivity contribution < 1.29 is 0 Å². The Kier molecular flexibility index (Phi) is 8.49. The molecular formula is C31H33N5. The molecule has 0 spiro atoms. The molecule has 0 amide bonds. The van der Waals surface area contributed by atoms with Crippen LogP contribution in [0.5, 0.6) is 0 Å². The van der Waals surface area contributed by atoms with Gasteiger partial charge in [0, 0.05) is 41.3 Å². The van der Waals surface area contributed by atoms with Gasteiger partial charge in [0.15, 0.2) is 0 Å². The molecule has 2 heterocycles. The van der Waals surface area contributed by atoms with E-state index in [0.29, 0.717) is 13.2 Å². The van der Waals surface area contributed by atoms with E-state index in [1.165, 1.54) is 0 Å². The molecule has 2 aromatic rings. The molecule has 36 heavy (non-hydrogen) atoms. The van der Waals surface area contributed by atoms with E-state index in [1.54, 1.807) is 6.20 Å². The highest BCUT2D eigenvalue weighted by Crippen LogP contribution is 2.25. The van der Waals surface area contributed by atoms with Crippen LogP contribution in [0.2, 0.25) is 0 Å². The van der Waals surface area contributed by atoms with E-state index in [0.717, 1.165) is 45.8 Å². The minimum atomic E-state index is 0.0201. The van der Waals surface area contributed by atoms with Crippen LogP contribution < -0.4 is 11.1 Å². The number of dihydropyridines is 1. The lowest BCUT2D eigenvalue weighted by molar-refractivity contribution is 0.427. The van der Waals surface area contributed by atoms with Gasteiger partial charge < -0.3 is 16.0 Å². The number of nitrogens with one attached hydrogen (secondary N) is 1. The molecule has 0 bridgehead atoms. The van der Waals surface area contributed by atoms with Crippen molar-refractivity contribution in [2.45, 2.75) is 19.5 Å². The highest BCUT2D eigenvalue weighted by molar-refractivity contribution is 6.13. The van der Waals surface area contributed by atoms with Crippen molar-refractivity contribution in [1.82, 2.24) is 10.2 Å². The summed E-state index contributed by atoms with van der Waals surface area (Å²) in [6, 6.07) is 16.9. The maximum Gasteiger partial charge on any atom is 0.110 e. The first-order chi connectivity index (χ1) is 17.7. The Labute approximate surface area is 214 Å². The molecule has 182 valence electrons. The van der Waals surface area contributed by atoms with Gasteiger partial charge in [-0.15, -0.1) is 0 Å². The van der Waals surface area contributed by atoms with Crippen LogP contribution >= 0.6 is 0 Å². The quantitative estimate of drug-likeness (QED) is 0.368. The van der Waals surface area contributed by atoms with Crippen LogP contribution in [-0.4, -0.2) is 30.5 Å².